The SMILES string of the molecule is COC(=O)c1ccc(F)c(NC(=O)CNCC(F)(F)F)c1. The van der Waals surface area contributed by atoms with E-state index in [4.69, 9.17) is 0 Å². The molecule has 0 saturated carbocycles. The van der Waals surface area contributed by atoms with Crippen molar-refractivity contribution in [2.45, 2.75) is 6.18 Å². The largest absolute Gasteiger partial charge is 0.465 e. The summed E-state index contributed by atoms with van der Waals surface area (Å²) in [4.78, 5) is 22.6. The van der Waals surface area contributed by atoms with E-state index in [9.17, 15) is 27.2 Å². The van der Waals surface area contributed by atoms with Crippen molar-refractivity contribution in [3.8, 4) is 0 Å². The maximum absolute atomic E-state index is 13.4. The monoisotopic (exact) mass is 308 g/mol. The van der Waals surface area contributed by atoms with Gasteiger partial charge in [-0.25, -0.2) is 9.18 Å². The minimum atomic E-state index is -4.45. The number of methoxy groups -OCH3 is 1. The molecule has 1 aromatic carbocycles. The molecule has 1 aromatic rings. The average Bonchev–Trinajstić information content (AvgIpc) is 2.39. The van der Waals surface area contributed by atoms with E-state index in [1.54, 1.807) is 0 Å². The number of nitrogens with one attached hydrogen (secondary N) is 2. The molecular weight excluding hydrogens is 296 g/mol. The summed E-state index contributed by atoms with van der Waals surface area (Å²) in [5.41, 5.74) is -0.325. The molecule has 0 aliphatic carbocycles. The van der Waals surface area contributed by atoms with Gasteiger partial charge in [0.1, 0.15) is 5.82 Å². The van der Waals surface area contributed by atoms with Crippen molar-refractivity contribution in [1.82, 2.24) is 5.32 Å². The van der Waals surface area contributed by atoms with Gasteiger partial charge in [0.25, 0.3) is 0 Å². The first-order valence-corrected chi connectivity index (χ1v) is 5.68. The van der Waals surface area contributed by atoms with Gasteiger partial charge in [0.2, 0.25) is 5.91 Å². The quantitative estimate of drug-likeness (QED) is 0.642. The molecule has 0 aliphatic rings. The summed E-state index contributed by atoms with van der Waals surface area (Å²) < 4.78 is 53.5. The van der Waals surface area contributed by atoms with Crippen LogP contribution in [0.1, 0.15) is 10.4 Å². The fourth-order valence-corrected chi connectivity index (χ4v) is 1.38. The zero-order valence-corrected chi connectivity index (χ0v) is 10.9. The van der Waals surface area contributed by atoms with Crippen molar-refractivity contribution >= 4 is 17.6 Å². The molecule has 0 saturated heterocycles. The Morgan fingerprint density at radius 2 is 1.95 bits per heavy atom. The number of ether oxygens (including phenoxy) is 1. The Labute approximate surface area is 117 Å². The van der Waals surface area contributed by atoms with E-state index in [1.165, 1.54) is 0 Å². The molecule has 0 heterocycles. The van der Waals surface area contributed by atoms with Crippen molar-refractivity contribution < 1.29 is 31.9 Å². The first-order valence-electron chi connectivity index (χ1n) is 5.68. The number of amides is 1. The normalized spacial score (nSPS) is 11.1. The Balaban J connectivity index is 2.65. The summed E-state index contributed by atoms with van der Waals surface area (Å²) in [6.07, 6.45) is -4.45. The molecular formula is C12H12F4N2O3. The molecule has 1 rings (SSSR count). The zero-order chi connectivity index (χ0) is 16.0. The van der Waals surface area contributed by atoms with Crippen LogP contribution < -0.4 is 10.6 Å². The average molecular weight is 308 g/mol. The highest BCUT2D eigenvalue weighted by atomic mass is 19.4. The number of hydrogen-bond acceptors (Lipinski definition) is 4. The van der Waals surface area contributed by atoms with E-state index in [-0.39, 0.29) is 11.3 Å². The summed E-state index contributed by atoms with van der Waals surface area (Å²) in [7, 11) is 1.13. The van der Waals surface area contributed by atoms with Crippen LogP contribution in [-0.2, 0) is 9.53 Å². The topological polar surface area (TPSA) is 67.4 Å². The highest BCUT2D eigenvalue weighted by Crippen LogP contribution is 2.17. The number of carbonyl (C=O) groups excluding carboxylic acids is 2. The molecule has 1 amide bonds. The van der Waals surface area contributed by atoms with Crippen LogP contribution >= 0.6 is 0 Å². The number of hydrogen-bond donors (Lipinski definition) is 2. The number of rotatable bonds is 5. The molecule has 9 heteroatoms. The minimum absolute atomic E-state index is 0.00236. The summed E-state index contributed by atoms with van der Waals surface area (Å²) in [6.45, 7) is -1.99. The van der Waals surface area contributed by atoms with Gasteiger partial charge in [-0.1, -0.05) is 0 Å². The summed E-state index contributed by atoms with van der Waals surface area (Å²) >= 11 is 0. The number of halogens is 4. The van der Waals surface area contributed by atoms with Gasteiger partial charge in [0.05, 0.1) is 31.5 Å². The number of anilines is 1. The third-order valence-electron chi connectivity index (χ3n) is 2.27. The van der Waals surface area contributed by atoms with Crippen molar-refractivity contribution in [2.75, 3.05) is 25.5 Å². The highest BCUT2D eigenvalue weighted by Gasteiger charge is 2.26. The maximum Gasteiger partial charge on any atom is 0.401 e. The molecule has 116 valence electrons. The lowest BCUT2D eigenvalue weighted by atomic mass is 10.2. The molecule has 0 atom stereocenters. The van der Waals surface area contributed by atoms with Crippen molar-refractivity contribution in [3.63, 3.8) is 0 Å². The lowest BCUT2D eigenvalue weighted by molar-refractivity contribution is -0.127. The number of esters is 1. The van der Waals surface area contributed by atoms with Gasteiger partial charge in [0, 0.05) is 0 Å². The molecule has 0 fully saturated rings. The number of alkyl halides is 3. The van der Waals surface area contributed by atoms with Crippen molar-refractivity contribution in [2.24, 2.45) is 0 Å². The van der Waals surface area contributed by atoms with Crippen LogP contribution in [0.2, 0.25) is 0 Å². The van der Waals surface area contributed by atoms with E-state index < -0.39 is 37.0 Å². The molecule has 0 unspecified atom stereocenters. The second-order valence-corrected chi connectivity index (χ2v) is 3.95. The second-order valence-electron chi connectivity index (χ2n) is 3.95. The molecule has 0 radical (unpaired) electrons. The van der Waals surface area contributed by atoms with Crippen molar-refractivity contribution in [3.05, 3.63) is 29.6 Å². The Kier molecular flexibility index (Phi) is 5.65. The van der Waals surface area contributed by atoms with Gasteiger partial charge >= 0.3 is 12.1 Å². The van der Waals surface area contributed by atoms with Crippen LogP contribution in [0.3, 0.4) is 0 Å². The minimum Gasteiger partial charge on any atom is -0.465 e. The van der Waals surface area contributed by atoms with E-state index in [0.717, 1.165) is 25.3 Å². The van der Waals surface area contributed by atoms with Gasteiger partial charge in [-0.3, -0.25) is 4.79 Å². The third kappa shape index (κ3) is 5.78. The van der Waals surface area contributed by atoms with Gasteiger partial charge in [-0.05, 0) is 18.2 Å². The van der Waals surface area contributed by atoms with Gasteiger partial charge < -0.3 is 15.4 Å². The smallest absolute Gasteiger partial charge is 0.401 e. The lowest BCUT2D eigenvalue weighted by Gasteiger charge is -2.10. The summed E-state index contributed by atoms with van der Waals surface area (Å²) in [5, 5.41) is 3.93. The standard InChI is InChI=1S/C12H12F4N2O3/c1-21-11(20)7-2-3-8(13)9(4-7)18-10(19)5-17-6-12(14,15)16/h2-4,17H,5-6H2,1H3,(H,18,19). The van der Waals surface area contributed by atoms with Crippen LogP contribution in [0.5, 0.6) is 0 Å². The Morgan fingerprint density at radius 1 is 1.29 bits per heavy atom. The van der Waals surface area contributed by atoms with Crippen LogP contribution in [0.15, 0.2) is 18.2 Å². The number of benzene rings is 1. The van der Waals surface area contributed by atoms with Crippen LogP contribution in [-0.4, -0.2) is 38.3 Å². The first kappa shape index (κ1) is 16.9. The van der Waals surface area contributed by atoms with Gasteiger partial charge in [-0.15, -0.1) is 0 Å². The molecule has 0 spiro atoms. The van der Waals surface area contributed by atoms with Crippen LogP contribution in [0, 0.1) is 5.82 Å². The summed E-state index contributed by atoms with van der Waals surface area (Å²) in [6, 6.07) is 3.12. The molecule has 0 bridgehead atoms. The Hall–Kier alpha value is -2.16. The Morgan fingerprint density at radius 3 is 2.52 bits per heavy atom. The zero-order valence-electron chi connectivity index (χ0n) is 10.9. The fourth-order valence-electron chi connectivity index (χ4n) is 1.38. The van der Waals surface area contributed by atoms with E-state index in [1.807, 2.05) is 5.32 Å². The van der Waals surface area contributed by atoms with Crippen LogP contribution in [0.25, 0.3) is 0 Å². The second kappa shape index (κ2) is 7.02. The molecule has 0 aliphatic heterocycles. The van der Waals surface area contributed by atoms with E-state index in [2.05, 4.69) is 10.1 Å². The Bertz CT molecular complexity index is 532. The van der Waals surface area contributed by atoms with Gasteiger partial charge in [0.15, 0.2) is 0 Å². The summed E-state index contributed by atoms with van der Waals surface area (Å²) in [5.74, 6) is -2.44. The van der Waals surface area contributed by atoms with E-state index >= 15 is 0 Å². The molecule has 5 nitrogen and oxygen atoms in total. The first-order chi connectivity index (χ1) is 9.73. The van der Waals surface area contributed by atoms with E-state index in [0.29, 0.717) is 0 Å². The van der Waals surface area contributed by atoms with Crippen LogP contribution in [0.4, 0.5) is 23.2 Å². The van der Waals surface area contributed by atoms with Gasteiger partial charge in [-0.2, -0.15) is 13.2 Å². The molecule has 21 heavy (non-hydrogen) atoms. The maximum atomic E-state index is 13.4. The van der Waals surface area contributed by atoms with Crippen molar-refractivity contribution in [1.29, 1.82) is 0 Å². The number of carbonyl (C=O) groups is 2. The molecule has 2 N–H and O–H groups in total. The molecule has 0 aromatic heterocycles. The fraction of sp³-hybridized carbons (Fsp3) is 0.333. The predicted molar refractivity (Wildman–Crippen MR) is 65.3 cm³/mol. The third-order valence-corrected chi connectivity index (χ3v) is 2.27. The predicted octanol–water partition coefficient (Wildman–Crippen LogP) is 1.70. The lowest BCUT2D eigenvalue weighted by Crippen LogP contribution is -2.35. The highest BCUT2D eigenvalue weighted by molar-refractivity contribution is 5.95.